The van der Waals surface area contributed by atoms with E-state index in [1.807, 2.05) is 11.0 Å². The standard InChI is InChI=1S/C20H24FN3O2/c1-13-18(22-12-26-13)19(25)23-8-7-17-14(11-23)10-20(2,3)24(17)16-6-4-5-15(21)9-16/h4-6,9,12,14,17H,7-8,10-11H2,1-3H3/t14-,17+/m1/s1. The summed E-state index contributed by atoms with van der Waals surface area (Å²) < 4.78 is 18.9. The van der Waals surface area contributed by atoms with Gasteiger partial charge in [-0.05, 0) is 57.7 Å². The molecule has 0 radical (unpaired) electrons. The van der Waals surface area contributed by atoms with Crippen LogP contribution in [0.4, 0.5) is 10.1 Å². The van der Waals surface area contributed by atoms with Crippen LogP contribution in [0.25, 0.3) is 0 Å². The number of aromatic nitrogens is 1. The fourth-order valence-electron chi connectivity index (χ4n) is 4.76. The Labute approximate surface area is 152 Å². The van der Waals surface area contributed by atoms with E-state index in [4.69, 9.17) is 4.42 Å². The zero-order valence-corrected chi connectivity index (χ0v) is 15.4. The summed E-state index contributed by atoms with van der Waals surface area (Å²) in [4.78, 5) is 21.1. The van der Waals surface area contributed by atoms with Crippen LogP contribution in [0.5, 0.6) is 0 Å². The van der Waals surface area contributed by atoms with Crippen LogP contribution < -0.4 is 4.90 Å². The van der Waals surface area contributed by atoms with E-state index in [0.29, 0.717) is 36.5 Å². The molecular weight excluding hydrogens is 333 g/mol. The molecule has 2 atom stereocenters. The van der Waals surface area contributed by atoms with Gasteiger partial charge in [-0.1, -0.05) is 6.07 Å². The fraction of sp³-hybridized carbons (Fsp3) is 0.500. The quantitative estimate of drug-likeness (QED) is 0.823. The Bertz CT molecular complexity index is 832. The molecule has 3 heterocycles. The first-order chi connectivity index (χ1) is 12.4. The molecule has 2 aromatic rings. The van der Waals surface area contributed by atoms with E-state index in [0.717, 1.165) is 18.5 Å². The van der Waals surface area contributed by atoms with Crippen LogP contribution in [0.1, 0.15) is 42.9 Å². The zero-order chi connectivity index (χ0) is 18.5. The van der Waals surface area contributed by atoms with E-state index in [-0.39, 0.29) is 17.3 Å². The molecule has 4 rings (SSSR count). The molecule has 138 valence electrons. The highest BCUT2D eigenvalue weighted by Gasteiger charge is 2.48. The number of likely N-dealkylation sites (tertiary alicyclic amines) is 1. The average molecular weight is 357 g/mol. The molecule has 1 aromatic heterocycles. The van der Waals surface area contributed by atoms with Crippen LogP contribution in [-0.4, -0.2) is 40.5 Å². The Balaban J connectivity index is 1.57. The second kappa shape index (κ2) is 6.11. The Morgan fingerprint density at radius 3 is 2.88 bits per heavy atom. The van der Waals surface area contributed by atoms with Crippen molar-refractivity contribution in [3.63, 3.8) is 0 Å². The van der Waals surface area contributed by atoms with Gasteiger partial charge in [0.25, 0.3) is 5.91 Å². The summed E-state index contributed by atoms with van der Waals surface area (Å²) in [5.74, 6) is 0.649. The third-order valence-electron chi connectivity index (χ3n) is 5.76. The lowest BCUT2D eigenvalue weighted by Gasteiger charge is -2.41. The van der Waals surface area contributed by atoms with Gasteiger partial charge < -0.3 is 14.2 Å². The van der Waals surface area contributed by atoms with Crippen LogP contribution in [0.15, 0.2) is 35.1 Å². The minimum absolute atomic E-state index is 0.0586. The number of aryl methyl sites for hydroxylation is 1. The van der Waals surface area contributed by atoms with Crippen LogP contribution in [0, 0.1) is 18.7 Å². The van der Waals surface area contributed by atoms with E-state index < -0.39 is 0 Å². The van der Waals surface area contributed by atoms with Gasteiger partial charge in [0.1, 0.15) is 11.6 Å². The Kier molecular flexibility index (Phi) is 4.01. The van der Waals surface area contributed by atoms with Gasteiger partial charge in [0, 0.05) is 30.4 Å². The number of nitrogens with zero attached hydrogens (tertiary/aromatic N) is 3. The normalized spacial score (nSPS) is 24.6. The number of oxazole rings is 1. The van der Waals surface area contributed by atoms with Gasteiger partial charge in [-0.2, -0.15) is 0 Å². The summed E-state index contributed by atoms with van der Waals surface area (Å²) in [6, 6.07) is 7.14. The number of carbonyl (C=O) groups excluding carboxylic acids is 1. The molecule has 0 unspecified atom stereocenters. The smallest absolute Gasteiger partial charge is 0.276 e. The molecule has 26 heavy (non-hydrogen) atoms. The molecule has 2 saturated heterocycles. The lowest BCUT2D eigenvalue weighted by atomic mass is 9.89. The van der Waals surface area contributed by atoms with Crippen LogP contribution >= 0.6 is 0 Å². The van der Waals surface area contributed by atoms with Gasteiger partial charge in [0.15, 0.2) is 12.1 Å². The second-order valence-electron chi connectivity index (χ2n) is 7.99. The van der Waals surface area contributed by atoms with Crippen molar-refractivity contribution in [2.75, 3.05) is 18.0 Å². The number of hydrogen-bond donors (Lipinski definition) is 0. The third-order valence-corrected chi connectivity index (χ3v) is 5.76. The van der Waals surface area contributed by atoms with Crippen molar-refractivity contribution in [3.8, 4) is 0 Å². The summed E-state index contributed by atoms with van der Waals surface area (Å²) in [6.45, 7) is 7.53. The van der Waals surface area contributed by atoms with Crippen molar-refractivity contribution in [1.29, 1.82) is 0 Å². The van der Waals surface area contributed by atoms with E-state index in [2.05, 4.69) is 23.7 Å². The number of halogens is 1. The molecule has 1 amide bonds. The molecule has 2 aliphatic rings. The number of carbonyl (C=O) groups is 1. The number of fused-ring (bicyclic) bond motifs is 1. The van der Waals surface area contributed by atoms with E-state index in [9.17, 15) is 9.18 Å². The Morgan fingerprint density at radius 1 is 1.38 bits per heavy atom. The van der Waals surface area contributed by atoms with Gasteiger partial charge in [-0.25, -0.2) is 9.37 Å². The maximum absolute atomic E-state index is 13.8. The van der Waals surface area contributed by atoms with Gasteiger partial charge in [0.2, 0.25) is 0 Å². The molecule has 0 saturated carbocycles. The molecule has 0 N–H and O–H groups in total. The van der Waals surface area contributed by atoms with Crippen molar-refractivity contribution in [2.45, 2.75) is 45.2 Å². The number of rotatable bonds is 2. The topological polar surface area (TPSA) is 49.6 Å². The minimum Gasteiger partial charge on any atom is -0.448 e. The number of amides is 1. The molecule has 0 spiro atoms. The lowest BCUT2D eigenvalue weighted by molar-refractivity contribution is 0.0660. The lowest BCUT2D eigenvalue weighted by Crippen LogP contribution is -2.50. The number of piperidine rings is 1. The molecule has 5 nitrogen and oxygen atoms in total. The third kappa shape index (κ3) is 2.77. The van der Waals surface area contributed by atoms with Crippen LogP contribution in [0.3, 0.4) is 0 Å². The largest absolute Gasteiger partial charge is 0.448 e. The summed E-state index contributed by atoms with van der Waals surface area (Å²) >= 11 is 0. The first kappa shape index (κ1) is 17.1. The first-order valence-corrected chi connectivity index (χ1v) is 9.11. The molecular formula is C20H24FN3O2. The van der Waals surface area contributed by atoms with Crippen molar-refractivity contribution >= 4 is 11.6 Å². The SMILES string of the molecule is Cc1ocnc1C(=O)N1CC[C@H]2[C@@H](C1)CC(C)(C)N2c1cccc(F)c1. The van der Waals surface area contributed by atoms with Crippen molar-refractivity contribution < 1.29 is 13.6 Å². The van der Waals surface area contributed by atoms with Crippen molar-refractivity contribution in [1.82, 2.24) is 9.88 Å². The van der Waals surface area contributed by atoms with Crippen LogP contribution in [0.2, 0.25) is 0 Å². The molecule has 6 heteroatoms. The molecule has 2 fully saturated rings. The maximum atomic E-state index is 13.8. The molecule has 0 aliphatic carbocycles. The predicted octanol–water partition coefficient (Wildman–Crippen LogP) is 3.64. The zero-order valence-electron chi connectivity index (χ0n) is 15.4. The van der Waals surface area contributed by atoms with E-state index in [1.54, 1.807) is 19.1 Å². The Morgan fingerprint density at radius 2 is 2.19 bits per heavy atom. The van der Waals surface area contributed by atoms with Gasteiger partial charge in [-0.3, -0.25) is 4.79 Å². The first-order valence-electron chi connectivity index (χ1n) is 9.11. The predicted molar refractivity (Wildman–Crippen MR) is 96.6 cm³/mol. The highest BCUT2D eigenvalue weighted by atomic mass is 19.1. The van der Waals surface area contributed by atoms with Gasteiger partial charge in [-0.15, -0.1) is 0 Å². The van der Waals surface area contributed by atoms with Crippen LogP contribution in [-0.2, 0) is 0 Å². The number of benzene rings is 1. The number of hydrogen-bond acceptors (Lipinski definition) is 4. The highest BCUT2D eigenvalue weighted by Crippen LogP contribution is 2.44. The number of anilines is 1. The molecule has 1 aromatic carbocycles. The summed E-state index contributed by atoms with van der Waals surface area (Å²) in [5.41, 5.74) is 1.25. The summed E-state index contributed by atoms with van der Waals surface area (Å²) in [6.07, 6.45) is 3.16. The minimum atomic E-state index is -0.212. The van der Waals surface area contributed by atoms with Gasteiger partial charge in [0.05, 0.1) is 0 Å². The van der Waals surface area contributed by atoms with E-state index in [1.165, 1.54) is 12.5 Å². The highest BCUT2D eigenvalue weighted by molar-refractivity contribution is 5.93. The maximum Gasteiger partial charge on any atom is 0.276 e. The summed E-state index contributed by atoms with van der Waals surface area (Å²) in [7, 11) is 0. The molecule has 0 bridgehead atoms. The van der Waals surface area contributed by atoms with E-state index >= 15 is 0 Å². The fourth-order valence-corrected chi connectivity index (χ4v) is 4.76. The van der Waals surface area contributed by atoms with Gasteiger partial charge >= 0.3 is 0 Å². The monoisotopic (exact) mass is 357 g/mol. The Hall–Kier alpha value is -2.37. The average Bonchev–Trinajstić information content (AvgIpc) is 3.12. The van der Waals surface area contributed by atoms with Crippen molar-refractivity contribution in [3.05, 3.63) is 47.9 Å². The summed E-state index contributed by atoms with van der Waals surface area (Å²) in [5, 5.41) is 0. The molecule has 2 aliphatic heterocycles. The van der Waals surface area contributed by atoms with Crippen molar-refractivity contribution in [2.24, 2.45) is 5.92 Å². The second-order valence-corrected chi connectivity index (χ2v) is 7.99.